The molecule has 0 aliphatic rings. The molecule has 0 saturated carbocycles. The van der Waals surface area contributed by atoms with Gasteiger partial charge in [0.15, 0.2) is 0 Å². The van der Waals surface area contributed by atoms with E-state index in [9.17, 15) is 9.18 Å². The van der Waals surface area contributed by atoms with E-state index in [4.69, 9.17) is 5.84 Å². The Balaban J connectivity index is 2.30. The molecule has 0 aliphatic heterocycles. The van der Waals surface area contributed by atoms with Crippen molar-refractivity contribution in [3.05, 3.63) is 29.6 Å². The monoisotopic (exact) mass is 295 g/mol. The molecule has 1 aromatic rings. The number of nitrogens with one attached hydrogen (secondary N) is 2. The Morgan fingerprint density at radius 1 is 1.24 bits per heavy atom. The van der Waals surface area contributed by atoms with Crippen LogP contribution in [0.1, 0.15) is 56.3 Å². The first kappa shape index (κ1) is 17.4. The number of para-hydroxylation sites is 1. The van der Waals surface area contributed by atoms with E-state index in [0.29, 0.717) is 6.54 Å². The second-order valence-corrected chi connectivity index (χ2v) is 5.66. The molecule has 0 aliphatic carbocycles. The fourth-order valence-corrected chi connectivity index (χ4v) is 2.19. The summed E-state index contributed by atoms with van der Waals surface area (Å²) in [4.78, 5) is 12.0. The molecule has 0 fully saturated rings. The van der Waals surface area contributed by atoms with Gasteiger partial charge >= 0.3 is 0 Å². The average Bonchev–Trinajstić information content (AvgIpc) is 2.45. The van der Waals surface area contributed by atoms with Crippen LogP contribution in [-0.4, -0.2) is 12.5 Å². The van der Waals surface area contributed by atoms with Gasteiger partial charge in [0.25, 0.3) is 5.91 Å². The molecular weight excluding hydrogens is 269 g/mol. The van der Waals surface area contributed by atoms with Crippen LogP contribution >= 0.6 is 0 Å². The topological polar surface area (TPSA) is 67.2 Å². The molecule has 1 rings (SSSR count). The van der Waals surface area contributed by atoms with E-state index in [2.05, 4.69) is 24.6 Å². The summed E-state index contributed by atoms with van der Waals surface area (Å²) in [5.74, 6) is 5.17. The van der Waals surface area contributed by atoms with Crippen molar-refractivity contribution in [3.8, 4) is 0 Å². The molecule has 5 heteroatoms. The number of hydrogen-bond acceptors (Lipinski definition) is 3. The van der Waals surface area contributed by atoms with Crippen molar-refractivity contribution in [1.29, 1.82) is 0 Å². The molecule has 0 unspecified atom stereocenters. The van der Waals surface area contributed by atoms with Crippen LogP contribution < -0.4 is 16.6 Å². The molecule has 0 spiro atoms. The highest BCUT2D eigenvalue weighted by atomic mass is 19.1. The second kappa shape index (κ2) is 9.34. The molecule has 0 radical (unpaired) electrons. The Morgan fingerprint density at radius 2 is 1.95 bits per heavy atom. The number of carbonyl (C=O) groups excluding carboxylic acids is 1. The summed E-state index contributed by atoms with van der Waals surface area (Å²) in [6, 6.07) is 4.31. The first-order valence-electron chi connectivity index (χ1n) is 7.59. The summed E-state index contributed by atoms with van der Waals surface area (Å²) in [5, 5.41) is 2.80. The predicted molar refractivity (Wildman–Crippen MR) is 84.5 cm³/mol. The van der Waals surface area contributed by atoms with Gasteiger partial charge in [-0.15, -0.1) is 0 Å². The van der Waals surface area contributed by atoms with Crippen LogP contribution in [0.4, 0.5) is 10.1 Å². The molecule has 0 heterocycles. The first-order valence-corrected chi connectivity index (χ1v) is 7.59. The zero-order valence-corrected chi connectivity index (χ0v) is 12.9. The predicted octanol–water partition coefficient (Wildman–Crippen LogP) is 3.45. The van der Waals surface area contributed by atoms with Crippen LogP contribution in [0.3, 0.4) is 0 Å². The van der Waals surface area contributed by atoms with Gasteiger partial charge in [-0.1, -0.05) is 45.6 Å². The van der Waals surface area contributed by atoms with E-state index < -0.39 is 5.82 Å². The quantitative estimate of drug-likeness (QED) is 0.371. The highest BCUT2D eigenvalue weighted by molar-refractivity contribution is 5.99. The number of benzene rings is 1. The standard InChI is InChI=1S/C16H26FN3O/c1-12(2)8-5-3-4-6-11-19-16(21)13-9-7-10-14(17)15(13)20-18/h7,9-10,12,20H,3-6,8,11,18H2,1-2H3,(H,19,21). The lowest BCUT2D eigenvalue weighted by Gasteiger charge is -2.10. The number of hydrogen-bond donors (Lipinski definition) is 3. The normalized spacial score (nSPS) is 10.7. The van der Waals surface area contributed by atoms with E-state index in [0.717, 1.165) is 18.8 Å². The Kier molecular flexibility index (Phi) is 7.75. The summed E-state index contributed by atoms with van der Waals surface area (Å²) in [6.07, 6.45) is 5.70. The number of amides is 1. The zero-order valence-electron chi connectivity index (χ0n) is 12.9. The van der Waals surface area contributed by atoms with Crippen molar-refractivity contribution in [2.45, 2.75) is 46.0 Å². The lowest BCUT2D eigenvalue weighted by molar-refractivity contribution is 0.0953. The molecule has 21 heavy (non-hydrogen) atoms. The highest BCUT2D eigenvalue weighted by Gasteiger charge is 2.13. The van der Waals surface area contributed by atoms with Gasteiger partial charge in [-0.25, -0.2) is 4.39 Å². The largest absolute Gasteiger partial charge is 0.352 e. The summed E-state index contributed by atoms with van der Waals surface area (Å²) in [7, 11) is 0. The van der Waals surface area contributed by atoms with E-state index in [1.807, 2.05) is 0 Å². The van der Waals surface area contributed by atoms with E-state index >= 15 is 0 Å². The molecule has 0 atom stereocenters. The van der Waals surface area contributed by atoms with Crippen LogP contribution in [0, 0.1) is 11.7 Å². The van der Waals surface area contributed by atoms with Crippen LogP contribution in [0.2, 0.25) is 0 Å². The summed E-state index contributed by atoms with van der Waals surface area (Å²) in [6.45, 7) is 5.05. The number of nitrogen functional groups attached to an aromatic ring is 1. The van der Waals surface area contributed by atoms with E-state index in [-0.39, 0.29) is 17.2 Å². The van der Waals surface area contributed by atoms with Gasteiger partial charge in [-0.3, -0.25) is 10.6 Å². The minimum Gasteiger partial charge on any atom is -0.352 e. The average molecular weight is 295 g/mol. The number of unbranched alkanes of at least 4 members (excludes halogenated alkanes) is 3. The van der Waals surface area contributed by atoms with Gasteiger partial charge in [-0.2, -0.15) is 0 Å². The van der Waals surface area contributed by atoms with E-state index in [1.54, 1.807) is 6.07 Å². The number of halogens is 1. The lowest BCUT2D eigenvalue weighted by atomic mass is 10.0. The SMILES string of the molecule is CC(C)CCCCCCNC(=O)c1cccc(F)c1NN. The highest BCUT2D eigenvalue weighted by Crippen LogP contribution is 2.18. The number of nitrogens with two attached hydrogens (primary N) is 1. The molecule has 4 nitrogen and oxygen atoms in total. The van der Waals surface area contributed by atoms with Gasteiger partial charge < -0.3 is 10.7 Å². The second-order valence-electron chi connectivity index (χ2n) is 5.66. The Bertz CT molecular complexity index is 449. The maximum absolute atomic E-state index is 13.5. The van der Waals surface area contributed by atoms with Gasteiger partial charge in [-0.05, 0) is 24.5 Å². The minimum atomic E-state index is -0.529. The molecule has 4 N–H and O–H groups in total. The van der Waals surface area contributed by atoms with Crippen molar-refractivity contribution >= 4 is 11.6 Å². The van der Waals surface area contributed by atoms with Crippen molar-refractivity contribution in [1.82, 2.24) is 5.32 Å². The maximum atomic E-state index is 13.5. The molecule has 0 aromatic heterocycles. The molecular formula is C16H26FN3O. The van der Waals surface area contributed by atoms with Crippen molar-refractivity contribution in [3.63, 3.8) is 0 Å². The fourth-order valence-electron chi connectivity index (χ4n) is 2.19. The van der Waals surface area contributed by atoms with Crippen molar-refractivity contribution < 1.29 is 9.18 Å². The fraction of sp³-hybridized carbons (Fsp3) is 0.562. The number of hydrazine groups is 1. The number of anilines is 1. The third-order valence-corrected chi connectivity index (χ3v) is 3.40. The van der Waals surface area contributed by atoms with Crippen LogP contribution in [0.25, 0.3) is 0 Å². The Hall–Kier alpha value is -1.62. The summed E-state index contributed by atoms with van der Waals surface area (Å²) >= 11 is 0. The smallest absolute Gasteiger partial charge is 0.253 e. The van der Waals surface area contributed by atoms with Gasteiger partial charge in [0.1, 0.15) is 5.82 Å². The third-order valence-electron chi connectivity index (χ3n) is 3.40. The lowest BCUT2D eigenvalue weighted by Crippen LogP contribution is -2.26. The van der Waals surface area contributed by atoms with Gasteiger partial charge in [0.2, 0.25) is 0 Å². The van der Waals surface area contributed by atoms with Crippen LogP contribution in [0.15, 0.2) is 18.2 Å². The number of rotatable bonds is 9. The van der Waals surface area contributed by atoms with Crippen molar-refractivity contribution in [2.24, 2.45) is 11.8 Å². The summed E-state index contributed by atoms with van der Waals surface area (Å²) < 4.78 is 13.5. The van der Waals surface area contributed by atoms with Crippen molar-refractivity contribution in [2.75, 3.05) is 12.0 Å². The number of carbonyl (C=O) groups is 1. The molecule has 1 amide bonds. The van der Waals surface area contributed by atoms with E-state index in [1.165, 1.54) is 31.4 Å². The van der Waals surface area contributed by atoms with Gasteiger partial charge in [0, 0.05) is 6.54 Å². The molecule has 1 aromatic carbocycles. The molecule has 0 saturated heterocycles. The first-order chi connectivity index (χ1) is 10.1. The molecule has 0 bridgehead atoms. The van der Waals surface area contributed by atoms with Gasteiger partial charge in [0.05, 0.1) is 11.3 Å². The molecule has 118 valence electrons. The van der Waals surface area contributed by atoms with Crippen LogP contribution in [0.5, 0.6) is 0 Å². The minimum absolute atomic E-state index is 0.0342. The zero-order chi connectivity index (χ0) is 15.7. The Labute approximate surface area is 126 Å². The maximum Gasteiger partial charge on any atom is 0.253 e. The summed E-state index contributed by atoms with van der Waals surface area (Å²) in [5.41, 5.74) is 2.51. The van der Waals surface area contributed by atoms with Crippen LogP contribution in [-0.2, 0) is 0 Å². The Morgan fingerprint density at radius 3 is 2.62 bits per heavy atom. The third kappa shape index (κ3) is 6.12.